The van der Waals surface area contributed by atoms with E-state index in [1.165, 1.54) is 53.5 Å². The molecule has 2 aliphatic carbocycles. The zero-order valence-corrected chi connectivity index (χ0v) is 12.6. The van der Waals surface area contributed by atoms with Gasteiger partial charge in [0.25, 0.3) is 0 Å². The molecule has 0 fully saturated rings. The SMILES string of the molecule is C1=c2ccccc2=c2cc3ccc4cccc5c4c3c(c21)CC=5. The van der Waals surface area contributed by atoms with E-state index in [9.17, 15) is 0 Å². The van der Waals surface area contributed by atoms with E-state index in [2.05, 4.69) is 72.8 Å². The first-order valence-corrected chi connectivity index (χ1v) is 8.19. The van der Waals surface area contributed by atoms with Crippen LogP contribution in [0, 0.1) is 10.4 Å². The highest BCUT2D eigenvalue weighted by Gasteiger charge is 2.16. The normalized spacial score (nSPS) is 13.7. The molecule has 0 saturated carbocycles. The molecular weight excluding hydrogens is 276 g/mol. The third kappa shape index (κ3) is 1.37. The number of hydrogen-bond donors (Lipinski definition) is 0. The van der Waals surface area contributed by atoms with E-state index in [0.29, 0.717) is 0 Å². The summed E-state index contributed by atoms with van der Waals surface area (Å²) in [6, 6.07) is 22.3. The van der Waals surface area contributed by atoms with Gasteiger partial charge in [-0.3, -0.25) is 0 Å². The summed E-state index contributed by atoms with van der Waals surface area (Å²) >= 11 is 0. The summed E-state index contributed by atoms with van der Waals surface area (Å²) in [4.78, 5) is 0. The van der Waals surface area contributed by atoms with Gasteiger partial charge in [-0.15, -0.1) is 0 Å². The van der Waals surface area contributed by atoms with E-state index in [0.717, 1.165) is 6.42 Å². The molecule has 0 unspecified atom stereocenters. The number of benzene rings is 4. The van der Waals surface area contributed by atoms with E-state index >= 15 is 0 Å². The van der Waals surface area contributed by atoms with Gasteiger partial charge in [-0.05, 0) is 72.1 Å². The summed E-state index contributed by atoms with van der Waals surface area (Å²) in [7, 11) is 0. The topological polar surface area (TPSA) is 0 Å². The fraction of sp³-hybridized carbons (Fsp3) is 0.0435. The molecule has 4 aromatic rings. The lowest BCUT2D eigenvalue weighted by Gasteiger charge is -2.16. The first-order valence-electron chi connectivity index (χ1n) is 8.19. The fourth-order valence-corrected chi connectivity index (χ4v) is 4.40. The average Bonchev–Trinajstić information content (AvgIpc) is 2.98. The highest BCUT2D eigenvalue weighted by atomic mass is 14.2. The minimum Gasteiger partial charge on any atom is -0.0722 e. The molecular formula is C23H14. The minimum absolute atomic E-state index is 1.03. The third-order valence-corrected chi connectivity index (χ3v) is 5.40. The summed E-state index contributed by atoms with van der Waals surface area (Å²) < 4.78 is 0. The summed E-state index contributed by atoms with van der Waals surface area (Å²) in [6.07, 6.45) is 5.79. The van der Waals surface area contributed by atoms with Gasteiger partial charge in [-0.25, -0.2) is 0 Å². The van der Waals surface area contributed by atoms with E-state index in [-0.39, 0.29) is 0 Å². The second-order valence-electron chi connectivity index (χ2n) is 6.57. The van der Waals surface area contributed by atoms with Crippen LogP contribution in [0.25, 0.3) is 33.7 Å². The van der Waals surface area contributed by atoms with Crippen LogP contribution < -0.4 is 10.4 Å². The molecule has 0 heteroatoms. The molecule has 106 valence electrons. The summed E-state index contributed by atoms with van der Waals surface area (Å²) in [5.74, 6) is 0. The number of fused-ring (bicyclic) bond motifs is 3. The summed E-state index contributed by atoms with van der Waals surface area (Å²) in [5, 5.41) is 11.1. The molecule has 0 radical (unpaired) electrons. The van der Waals surface area contributed by atoms with E-state index < -0.39 is 0 Å². The maximum atomic E-state index is 2.39. The van der Waals surface area contributed by atoms with E-state index in [4.69, 9.17) is 0 Å². The second kappa shape index (κ2) is 3.91. The zero-order chi connectivity index (χ0) is 15.0. The molecule has 0 bridgehead atoms. The van der Waals surface area contributed by atoms with Crippen LogP contribution in [-0.4, -0.2) is 0 Å². The highest BCUT2D eigenvalue weighted by Crippen LogP contribution is 2.33. The van der Waals surface area contributed by atoms with Gasteiger partial charge >= 0.3 is 0 Å². The maximum Gasteiger partial charge on any atom is -0.00328 e. The largest absolute Gasteiger partial charge is 0.0722 e. The second-order valence-corrected chi connectivity index (χ2v) is 6.57. The van der Waals surface area contributed by atoms with Crippen molar-refractivity contribution in [2.75, 3.05) is 0 Å². The Hall–Kier alpha value is -2.86. The van der Waals surface area contributed by atoms with Gasteiger partial charge < -0.3 is 0 Å². The van der Waals surface area contributed by atoms with Crippen LogP contribution in [0.1, 0.15) is 11.1 Å². The molecule has 0 heterocycles. The summed E-state index contributed by atoms with van der Waals surface area (Å²) in [5.41, 5.74) is 2.93. The van der Waals surface area contributed by atoms with Crippen molar-refractivity contribution in [1.82, 2.24) is 0 Å². The Morgan fingerprint density at radius 1 is 0.652 bits per heavy atom. The van der Waals surface area contributed by atoms with Crippen LogP contribution in [0.5, 0.6) is 0 Å². The Kier molecular flexibility index (Phi) is 1.98. The molecule has 2 aliphatic rings. The van der Waals surface area contributed by atoms with Crippen molar-refractivity contribution < 1.29 is 0 Å². The molecule has 0 saturated heterocycles. The molecule has 0 N–H and O–H groups in total. The van der Waals surface area contributed by atoms with E-state index in [1.807, 2.05) is 0 Å². The minimum atomic E-state index is 1.03. The molecule has 0 amide bonds. The molecule has 23 heavy (non-hydrogen) atoms. The van der Waals surface area contributed by atoms with Gasteiger partial charge in [-0.1, -0.05) is 60.7 Å². The summed E-state index contributed by atoms with van der Waals surface area (Å²) in [6.45, 7) is 0. The standard InChI is InChI=1S/C23H14/c1-2-7-18-16(4-1)12-21-19-11-10-15-6-3-5-14-8-9-17(13-20(18)21)23(19)22(14)15/h1-10,12-13H,11H2. The third-order valence-electron chi connectivity index (χ3n) is 5.40. The first kappa shape index (κ1) is 11.7. The molecule has 0 aromatic heterocycles. The molecule has 0 aliphatic heterocycles. The fourth-order valence-electron chi connectivity index (χ4n) is 4.40. The molecule has 0 atom stereocenters. The van der Waals surface area contributed by atoms with Gasteiger partial charge in [-0.2, -0.15) is 0 Å². The van der Waals surface area contributed by atoms with Crippen molar-refractivity contribution in [3.63, 3.8) is 0 Å². The van der Waals surface area contributed by atoms with Crippen molar-refractivity contribution in [3.8, 4) is 0 Å². The van der Waals surface area contributed by atoms with E-state index in [1.54, 1.807) is 0 Å². The van der Waals surface area contributed by atoms with Gasteiger partial charge in [0, 0.05) is 0 Å². The number of hydrogen-bond acceptors (Lipinski definition) is 0. The number of rotatable bonds is 0. The Bertz CT molecular complexity index is 1370. The first-order chi connectivity index (χ1) is 11.4. The maximum absolute atomic E-state index is 2.39. The van der Waals surface area contributed by atoms with Crippen LogP contribution in [0.2, 0.25) is 0 Å². The lowest BCUT2D eigenvalue weighted by Crippen LogP contribution is -2.09. The quantitative estimate of drug-likeness (QED) is 0.381. The van der Waals surface area contributed by atoms with Crippen molar-refractivity contribution in [2.24, 2.45) is 0 Å². The van der Waals surface area contributed by atoms with Crippen molar-refractivity contribution >= 4 is 33.7 Å². The van der Waals surface area contributed by atoms with Crippen molar-refractivity contribution in [1.29, 1.82) is 0 Å². The average molecular weight is 290 g/mol. The van der Waals surface area contributed by atoms with Gasteiger partial charge in [0.15, 0.2) is 0 Å². The van der Waals surface area contributed by atoms with Crippen LogP contribution >= 0.6 is 0 Å². The Labute approximate surface area is 133 Å². The predicted molar refractivity (Wildman–Crippen MR) is 96.6 cm³/mol. The van der Waals surface area contributed by atoms with Crippen LogP contribution in [0.4, 0.5) is 0 Å². The van der Waals surface area contributed by atoms with Crippen LogP contribution in [-0.2, 0) is 6.42 Å². The lowest BCUT2D eigenvalue weighted by atomic mass is 9.87. The molecule has 6 rings (SSSR count). The van der Waals surface area contributed by atoms with Crippen molar-refractivity contribution in [3.05, 3.63) is 92.7 Å². The monoisotopic (exact) mass is 290 g/mol. The highest BCUT2D eigenvalue weighted by molar-refractivity contribution is 6.11. The molecule has 0 spiro atoms. The van der Waals surface area contributed by atoms with Gasteiger partial charge in [0.1, 0.15) is 0 Å². The zero-order valence-electron chi connectivity index (χ0n) is 12.6. The van der Waals surface area contributed by atoms with Gasteiger partial charge in [0.2, 0.25) is 0 Å². The Balaban J connectivity index is 1.98. The predicted octanol–water partition coefficient (Wildman–Crippen LogP) is 3.76. The van der Waals surface area contributed by atoms with Crippen LogP contribution in [0.3, 0.4) is 0 Å². The van der Waals surface area contributed by atoms with Crippen LogP contribution in [0.15, 0.2) is 60.7 Å². The molecule has 4 aromatic carbocycles. The lowest BCUT2D eigenvalue weighted by molar-refractivity contribution is 1.32. The van der Waals surface area contributed by atoms with Gasteiger partial charge in [0.05, 0.1) is 0 Å². The Morgan fingerprint density at radius 3 is 2.52 bits per heavy atom. The van der Waals surface area contributed by atoms with Crippen molar-refractivity contribution in [2.45, 2.75) is 6.42 Å². The molecule has 0 nitrogen and oxygen atoms in total. The Morgan fingerprint density at radius 2 is 1.52 bits per heavy atom. The smallest absolute Gasteiger partial charge is 0.00328 e.